The molecule has 0 aliphatic heterocycles. The zero-order valence-corrected chi connectivity index (χ0v) is 13.4. The van der Waals surface area contributed by atoms with E-state index in [1.165, 1.54) is 0 Å². The van der Waals surface area contributed by atoms with Gasteiger partial charge >= 0.3 is 0 Å². The Kier molecular flexibility index (Phi) is 4.78. The van der Waals surface area contributed by atoms with Crippen molar-refractivity contribution in [1.82, 2.24) is 0 Å². The first-order valence-electron chi connectivity index (χ1n) is 5.11. The fourth-order valence-corrected chi connectivity index (χ4v) is 3.43. The lowest BCUT2D eigenvalue weighted by Crippen LogP contribution is -1.97. The van der Waals surface area contributed by atoms with Gasteiger partial charge in [-0.25, -0.2) is 0 Å². The summed E-state index contributed by atoms with van der Waals surface area (Å²) in [6.07, 6.45) is 0. The lowest BCUT2D eigenvalue weighted by Gasteiger charge is -2.07. The molecule has 0 fully saturated rings. The van der Waals surface area contributed by atoms with E-state index in [4.69, 9.17) is 27.9 Å². The number of hydrogen-bond donors (Lipinski definition) is 1. The minimum Gasteiger partial charge on any atom is -0.495 e. The predicted molar refractivity (Wildman–Crippen MR) is 82.4 cm³/mol. The highest BCUT2D eigenvalue weighted by Crippen LogP contribution is 2.33. The lowest BCUT2D eigenvalue weighted by molar-refractivity contribution is 0.415. The lowest BCUT2D eigenvalue weighted by atomic mass is 10.3. The van der Waals surface area contributed by atoms with E-state index in [2.05, 4.69) is 21.2 Å². The highest BCUT2D eigenvalue weighted by molar-refractivity contribution is 9.10. The SMILES string of the molecule is COc1ccc(NCc2cc(Br)c(Cl)s2)cc1Cl. The molecule has 1 aromatic heterocycles. The Bertz CT molecular complexity index is 540. The van der Waals surface area contributed by atoms with Crippen LogP contribution in [0.1, 0.15) is 4.88 Å². The number of halogens is 3. The number of methoxy groups -OCH3 is 1. The van der Waals surface area contributed by atoms with Gasteiger partial charge in [0, 0.05) is 21.6 Å². The van der Waals surface area contributed by atoms with E-state index >= 15 is 0 Å². The largest absolute Gasteiger partial charge is 0.495 e. The third-order valence-corrected chi connectivity index (χ3v) is 5.08. The van der Waals surface area contributed by atoms with Gasteiger partial charge < -0.3 is 10.1 Å². The topological polar surface area (TPSA) is 21.3 Å². The first-order valence-corrected chi connectivity index (χ1v) is 7.48. The first kappa shape index (κ1) is 14.0. The summed E-state index contributed by atoms with van der Waals surface area (Å²) in [5, 5.41) is 3.88. The van der Waals surface area contributed by atoms with Crippen LogP contribution in [0.2, 0.25) is 9.36 Å². The molecule has 0 atom stereocenters. The molecule has 96 valence electrons. The maximum atomic E-state index is 6.05. The van der Waals surface area contributed by atoms with Crippen molar-refractivity contribution < 1.29 is 4.74 Å². The van der Waals surface area contributed by atoms with Gasteiger partial charge in [0.2, 0.25) is 0 Å². The van der Waals surface area contributed by atoms with Crippen LogP contribution in [0.4, 0.5) is 5.69 Å². The van der Waals surface area contributed by atoms with Crippen LogP contribution in [0.25, 0.3) is 0 Å². The molecule has 2 aromatic rings. The zero-order valence-electron chi connectivity index (χ0n) is 9.47. The second kappa shape index (κ2) is 6.15. The van der Waals surface area contributed by atoms with Crippen LogP contribution in [0.15, 0.2) is 28.7 Å². The summed E-state index contributed by atoms with van der Waals surface area (Å²) in [7, 11) is 1.60. The summed E-state index contributed by atoms with van der Waals surface area (Å²) >= 11 is 17.0. The highest BCUT2D eigenvalue weighted by atomic mass is 79.9. The van der Waals surface area contributed by atoms with Crippen LogP contribution in [0.5, 0.6) is 5.75 Å². The van der Waals surface area contributed by atoms with Gasteiger partial charge in [-0.1, -0.05) is 23.2 Å². The van der Waals surface area contributed by atoms with Crippen molar-refractivity contribution in [3.05, 3.63) is 43.0 Å². The van der Waals surface area contributed by atoms with E-state index in [-0.39, 0.29) is 0 Å². The number of rotatable bonds is 4. The molecule has 0 aliphatic carbocycles. The van der Waals surface area contributed by atoms with Crippen molar-refractivity contribution >= 4 is 56.2 Å². The average Bonchev–Trinajstić information content (AvgIpc) is 2.66. The fraction of sp³-hybridized carbons (Fsp3) is 0.167. The molecule has 0 unspecified atom stereocenters. The Morgan fingerprint density at radius 2 is 2.11 bits per heavy atom. The Labute approximate surface area is 128 Å². The van der Waals surface area contributed by atoms with Gasteiger partial charge in [-0.3, -0.25) is 0 Å². The average molecular weight is 367 g/mol. The number of ether oxygens (including phenoxy) is 1. The molecular formula is C12H10BrCl2NOS. The van der Waals surface area contributed by atoms with E-state index < -0.39 is 0 Å². The third-order valence-electron chi connectivity index (χ3n) is 2.31. The van der Waals surface area contributed by atoms with Gasteiger partial charge in [0.25, 0.3) is 0 Å². The third kappa shape index (κ3) is 3.32. The summed E-state index contributed by atoms with van der Waals surface area (Å²) < 4.78 is 6.79. The molecule has 0 aliphatic rings. The van der Waals surface area contributed by atoms with E-state index in [1.807, 2.05) is 24.3 Å². The molecule has 0 bridgehead atoms. The summed E-state index contributed by atoms with van der Waals surface area (Å²) in [5.41, 5.74) is 0.946. The van der Waals surface area contributed by atoms with Crippen molar-refractivity contribution in [2.24, 2.45) is 0 Å². The number of thiophene rings is 1. The van der Waals surface area contributed by atoms with Gasteiger partial charge in [-0.2, -0.15) is 0 Å². The molecule has 0 radical (unpaired) electrons. The highest BCUT2D eigenvalue weighted by Gasteiger charge is 2.05. The van der Waals surface area contributed by atoms with Gasteiger partial charge in [0.15, 0.2) is 0 Å². The second-order valence-corrected chi connectivity index (χ2v) is 6.54. The van der Waals surface area contributed by atoms with Crippen molar-refractivity contribution in [3.8, 4) is 5.75 Å². The minimum atomic E-state index is 0.591. The molecule has 6 heteroatoms. The maximum Gasteiger partial charge on any atom is 0.137 e. The minimum absolute atomic E-state index is 0.591. The summed E-state index contributed by atoms with van der Waals surface area (Å²) in [5.74, 6) is 0.670. The van der Waals surface area contributed by atoms with Crippen LogP contribution in [-0.2, 0) is 6.54 Å². The Balaban J connectivity index is 2.04. The Morgan fingerprint density at radius 3 is 2.67 bits per heavy atom. The van der Waals surface area contributed by atoms with Crippen LogP contribution in [0.3, 0.4) is 0 Å². The van der Waals surface area contributed by atoms with Crippen LogP contribution in [0, 0.1) is 0 Å². The summed E-state index contributed by atoms with van der Waals surface area (Å²) in [6.45, 7) is 0.707. The number of nitrogens with one attached hydrogen (secondary N) is 1. The summed E-state index contributed by atoms with van der Waals surface area (Å²) in [6, 6.07) is 7.60. The van der Waals surface area contributed by atoms with Crippen LogP contribution < -0.4 is 10.1 Å². The predicted octanol–water partition coefficient (Wildman–Crippen LogP) is 5.44. The monoisotopic (exact) mass is 365 g/mol. The molecule has 2 rings (SSSR count). The molecule has 0 saturated carbocycles. The quantitative estimate of drug-likeness (QED) is 0.777. The zero-order chi connectivity index (χ0) is 13.1. The van der Waals surface area contributed by atoms with E-state index in [1.54, 1.807) is 18.4 Å². The molecule has 0 saturated heterocycles. The van der Waals surface area contributed by atoms with Crippen LogP contribution in [-0.4, -0.2) is 7.11 Å². The molecule has 1 aromatic carbocycles. The number of benzene rings is 1. The van der Waals surface area contributed by atoms with Gasteiger partial charge in [0.1, 0.15) is 10.1 Å². The molecule has 0 amide bonds. The standard InChI is InChI=1S/C12H10BrCl2NOS/c1-17-11-3-2-7(4-10(11)14)16-6-8-5-9(13)12(15)18-8/h2-5,16H,6H2,1H3. The molecular weight excluding hydrogens is 357 g/mol. The maximum absolute atomic E-state index is 6.05. The van der Waals surface area contributed by atoms with Crippen molar-refractivity contribution in [2.75, 3.05) is 12.4 Å². The van der Waals surface area contributed by atoms with Gasteiger partial charge in [0.05, 0.1) is 12.1 Å². The molecule has 1 N–H and O–H groups in total. The van der Waals surface area contributed by atoms with Crippen molar-refractivity contribution in [1.29, 1.82) is 0 Å². The molecule has 2 nitrogen and oxygen atoms in total. The number of hydrogen-bond acceptors (Lipinski definition) is 3. The smallest absolute Gasteiger partial charge is 0.137 e. The Hall–Kier alpha value is -0.420. The van der Waals surface area contributed by atoms with Crippen LogP contribution >= 0.6 is 50.5 Å². The fourth-order valence-electron chi connectivity index (χ4n) is 1.44. The van der Waals surface area contributed by atoms with Crippen molar-refractivity contribution in [2.45, 2.75) is 6.54 Å². The molecule has 1 heterocycles. The van der Waals surface area contributed by atoms with Gasteiger partial charge in [-0.05, 0) is 40.2 Å². The molecule has 0 spiro atoms. The van der Waals surface area contributed by atoms with E-state index in [0.717, 1.165) is 19.4 Å². The van der Waals surface area contributed by atoms with Crippen molar-refractivity contribution in [3.63, 3.8) is 0 Å². The van der Waals surface area contributed by atoms with E-state index in [9.17, 15) is 0 Å². The summed E-state index contributed by atoms with van der Waals surface area (Å²) in [4.78, 5) is 1.15. The normalized spacial score (nSPS) is 10.4. The van der Waals surface area contributed by atoms with E-state index in [0.29, 0.717) is 17.3 Å². The first-order chi connectivity index (χ1) is 8.60. The molecule has 18 heavy (non-hydrogen) atoms. The number of anilines is 1. The second-order valence-electron chi connectivity index (χ2n) is 3.54. The van der Waals surface area contributed by atoms with Gasteiger partial charge in [-0.15, -0.1) is 11.3 Å². The Morgan fingerprint density at radius 1 is 1.33 bits per heavy atom.